The van der Waals surface area contributed by atoms with Crippen LogP contribution in [-0.2, 0) is 6.61 Å². The molecular weight excluding hydrogens is 380 g/mol. The average Bonchev–Trinajstić information content (AvgIpc) is 2.81. The van der Waals surface area contributed by atoms with Gasteiger partial charge in [0.2, 0.25) is 0 Å². The van der Waals surface area contributed by atoms with Crippen LogP contribution in [0.15, 0.2) is 78.9 Å². The number of nitrogens with one attached hydrogen (secondary N) is 1. The maximum absolute atomic E-state index is 6.40. The van der Waals surface area contributed by atoms with Gasteiger partial charge >= 0.3 is 0 Å². The molecule has 3 nitrogen and oxygen atoms in total. The number of hydrogen-bond acceptors (Lipinski definition) is 3. The molecule has 0 fully saturated rings. The minimum Gasteiger partial charge on any atom is -0.487 e. The fourth-order valence-electron chi connectivity index (χ4n) is 3.97. The van der Waals surface area contributed by atoms with Crippen molar-refractivity contribution in [2.45, 2.75) is 64.6 Å². The Morgan fingerprint density at radius 1 is 0.774 bits per heavy atom. The predicted molar refractivity (Wildman–Crippen MR) is 131 cm³/mol. The van der Waals surface area contributed by atoms with Crippen molar-refractivity contribution in [1.82, 2.24) is 5.32 Å². The fraction of sp³-hybridized carbons (Fsp3) is 0.357. The Hall–Kier alpha value is -2.78. The number of hydrogen-bond donors (Lipinski definition) is 2. The summed E-state index contributed by atoms with van der Waals surface area (Å²) < 4.78 is 5.98. The zero-order valence-electron chi connectivity index (χ0n) is 18.9. The first kappa shape index (κ1) is 22.9. The Morgan fingerprint density at radius 3 is 2.10 bits per heavy atom. The lowest BCUT2D eigenvalue weighted by atomic mass is 9.96. The maximum atomic E-state index is 6.40. The summed E-state index contributed by atoms with van der Waals surface area (Å²) in [5.74, 6) is 0.745. The van der Waals surface area contributed by atoms with Crippen LogP contribution in [0, 0.1) is 0 Å². The van der Waals surface area contributed by atoms with Crippen LogP contribution in [0.1, 0.15) is 74.7 Å². The second kappa shape index (κ2) is 12.2. The Bertz CT molecular complexity index is 895. The molecule has 0 heterocycles. The smallest absolute Gasteiger partial charge is 0.142 e. The Balaban J connectivity index is 1.75. The van der Waals surface area contributed by atoms with E-state index < -0.39 is 0 Å². The van der Waals surface area contributed by atoms with Gasteiger partial charge in [0.15, 0.2) is 0 Å². The molecule has 0 amide bonds. The second-order valence-corrected chi connectivity index (χ2v) is 8.18. The van der Waals surface area contributed by atoms with E-state index in [4.69, 9.17) is 10.5 Å². The number of unbranched alkanes of at least 4 members (excludes halogenated alkanes) is 1. The lowest BCUT2D eigenvalue weighted by molar-refractivity contribution is 0.307. The van der Waals surface area contributed by atoms with Gasteiger partial charge < -0.3 is 15.8 Å². The van der Waals surface area contributed by atoms with Crippen LogP contribution >= 0.6 is 0 Å². The molecule has 2 unspecified atom stereocenters. The molecule has 0 aliphatic carbocycles. The third-order valence-corrected chi connectivity index (χ3v) is 5.70. The van der Waals surface area contributed by atoms with Gasteiger partial charge in [0.05, 0.1) is 5.69 Å². The summed E-state index contributed by atoms with van der Waals surface area (Å²) in [5, 5.41) is 3.93. The first-order chi connectivity index (χ1) is 15.2. The van der Waals surface area contributed by atoms with Crippen molar-refractivity contribution in [3.63, 3.8) is 0 Å². The van der Waals surface area contributed by atoms with Crippen molar-refractivity contribution in [3.05, 3.63) is 95.6 Å². The van der Waals surface area contributed by atoms with E-state index in [1.165, 1.54) is 24.0 Å². The zero-order valence-corrected chi connectivity index (χ0v) is 18.9. The highest BCUT2D eigenvalue weighted by Gasteiger charge is 2.19. The van der Waals surface area contributed by atoms with Crippen LogP contribution in [0.3, 0.4) is 0 Å². The molecule has 0 spiro atoms. The van der Waals surface area contributed by atoms with E-state index in [0.717, 1.165) is 30.6 Å². The van der Waals surface area contributed by atoms with Crippen molar-refractivity contribution in [2.75, 3.05) is 5.73 Å². The summed E-state index contributed by atoms with van der Waals surface area (Å²) in [5.41, 5.74) is 10.8. The number of nitrogen functional groups attached to an aromatic ring is 1. The standard InChI is InChI=1S/C28H36N2O/c1-3-5-17-27(30-26(12-4-2)23-15-10-7-11-16-23)24-18-19-28(25(29)20-24)31-21-22-13-8-6-9-14-22/h6-11,13-16,18-20,26-27,30H,3-5,12,17,21,29H2,1-2H3. The molecule has 3 rings (SSSR count). The highest BCUT2D eigenvalue weighted by molar-refractivity contribution is 5.55. The topological polar surface area (TPSA) is 47.3 Å². The van der Waals surface area contributed by atoms with E-state index in [9.17, 15) is 0 Å². The Morgan fingerprint density at radius 2 is 1.45 bits per heavy atom. The predicted octanol–water partition coefficient (Wildman–Crippen LogP) is 7.21. The monoisotopic (exact) mass is 416 g/mol. The van der Waals surface area contributed by atoms with Gasteiger partial charge in [0.25, 0.3) is 0 Å². The summed E-state index contributed by atoms with van der Waals surface area (Å²) in [6.45, 7) is 5.01. The Labute approximate surface area is 187 Å². The molecule has 0 aliphatic rings. The molecule has 0 aromatic heterocycles. The molecule has 3 heteroatoms. The molecule has 164 valence electrons. The van der Waals surface area contributed by atoms with Gasteiger partial charge in [-0.2, -0.15) is 0 Å². The van der Waals surface area contributed by atoms with E-state index in [-0.39, 0.29) is 6.04 Å². The van der Waals surface area contributed by atoms with Crippen LogP contribution in [0.25, 0.3) is 0 Å². The summed E-state index contributed by atoms with van der Waals surface area (Å²) in [6.07, 6.45) is 5.70. The lowest BCUT2D eigenvalue weighted by Crippen LogP contribution is -2.27. The Kier molecular flexibility index (Phi) is 8.99. The number of nitrogens with two attached hydrogens (primary N) is 1. The van der Waals surface area contributed by atoms with Gasteiger partial charge in [-0.3, -0.25) is 0 Å². The molecule has 2 atom stereocenters. The number of anilines is 1. The molecule has 31 heavy (non-hydrogen) atoms. The maximum Gasteiger partial charge on any atom is 0.142 e. The van der Waals surface area contributed by atoms with E-state index >= 15 is 0 Å². The number of rotatable bonds is 12. The number of benzene rings is 3. The summed E-state index contributed by atoms with van der Waals surface area (Å²) in [4.78, 5) is 0. The molecule has 0 bridgehead atoms. The van der Waals surface area contributed by atoms with Crippen LogP contribution in [0.4, 0.5) is 5.69 Å². The van der Waals surface area contributed by atoms with Gasteiger partial charge in [-0.1, -0.05) is 99.8 Å². The minimum absolute atomic E-state index is 0.266. The highest BCUT2D eigenvalue weighted by Crippen LogP contribution is 2.31. The third kappa shape index (κ3) is 6.86. The van der Waals surface area contributed by atoms with E-state index in [1.807, 2.05) is 24.3 Å². The summed E-state index contributed by atoms with van der Waals surface area (Å²) in [7, 11) is 0. The third-order valence-electron chi connectivity index (χ3n) is 5.70. The molecule has 0 saturated carbocycles. The zero-order chi connectivity index (χ0) is 21.9. The summed E-state index contributed by atoms with van der Waals surface area (Å²) >= 11 is 0. The van der Waals surface area contributed by atoms with Gasteiger partial charge in [0.1, 0.15) is 12.4 Å². The second-order valence-electron chi connectivity index (χ2n) is 8.18. The number of ether oxygens (including phenoxy) is 1. The van der Waals surface area contributed by atoms with Crippen molar-refractivity contribution < 1.29 is 4.74 Å². The van der Waals surface area contributed by atoms with Crippen LogP contribution in [0.5, 0.6) is 5.75 Å². The fourth-order valence-corrected chi connectivity index (χ4v) is 3.97. The van der Waals surface area contributed by atoms with Crippen molar-refractivity contribution >= 4 is 5.69 Å². The molecule has 3 aromatic carbocycles. The van der Waals surface area contributed by atoms with Crippen LogP contribution in [-0.4, -0.2) is 0 Å². The van der Waals surface area contributed by atoms with Crippen molar-refractivity contribution in [2.24, 2.45) is 0 Å². The average molecular weight is 417 g/mol. The highest BCUT2D eigenvalue weighted by atomic mass is 16.5. The quantitative estimate of drug-likeness (QED) is 0.307. The van der Waals surface area contributed by atoms with Gasteiger partial charge in [-0.25, -0.2) is 0 Å². The molecule has 0 aliphatic heterocycles. The van der Waals surface area contributed by atoms with Crippen LogP contribution in [0.2, 0.25) is 0 Å². The first-order valence-electron chi connectivity index (χ1n) is 11.6. The molecule has 0 saturated heterocycles. The van der Waals surface area contributed by atoms with Gasteiger partial charge in [0, 0.05) is 12.1 Å². The molecule has 3 aromatic rings. The van der Waals surface area contributed by atoms with Gasteiger partial charge in [-0.05, 0) is 41.7 Å². The molecule has 0 radical (unpaired) electrons. The molecular formula is C28H36N2O. The SMILES string of the molecule is CCCCC(NC(CCC)c1ccccc1)c1ccc(OCc2ccccc2)c(N)c1. The normalized spacial score (nSPS) is 13.0. The van der Waals surface area contributed by atoms with E-state index in [2.05, 4.69) is 73.8 Å². The minimum atomic E-state index is 0.266. The lowest BCUT2D eigenvalue weighted by Gasteiger charge is -2.27. The molecule has 3 N–H and O–H groups in total. The first-order valence-corrected chi connectivity index (χ1v) is 11.6. The van der Waals surface area contributed by atoms with E-state index in [1.54, 1.807) is 0 Å². The summed E-state index contributed by atoms with van der Waals surface area (Å²) in [6, 6.07) is 27.8. The largest absolute Gasteiger partial charge is 0.487 e. The van der Waals surface area contributed by atoms with Crippen LogP contribution < -0.4 is 15.8 Å². The van der Waals surface area contributed by atoms with Crippen molar-refractivity contribution in [1.29, 1.82) is 0 Å². The van der Waals surface area contributed by atoms with Crippen molar-refractivity contribution in [3.8, 4) is 5.75 Å². The van der Waals surface area contributed by atoms with Gasteiger partial charge in [-0.15, -0.1) is 0 Å². The van der Waals surface area contributed by atoms with E-state index in [0.29, 0.717) is 18.3 Å².